The molecule has 0 saturated carbocycles. The molecule has 0 radical (unpaired) electrons. The number of Topliss-reactive ketones (excluding diaryl/α,β-unsaturated/α-hetero) is 1. The lowest BCUT2D eigenvalue weighted by Gasteiger charge is -2.06. The van der Waals surface area contributed by atoms with Crippen molar-refractivity contribution >= 4 is 33.3 Å². The molecule has 0 unspecified atom stereocenters. The van der Waals surface area contributed by atoms with Gasteiger partial charge in [-0.3, -0.25) is 4.79 Å². The molecule has 0 aliphatic rings. The van der Waals surface area contributed by atoms with Gasteiger partial charge in [-0.25, -0.2) is 0 Å². The lowest BCUT2D eigenvalue weighted by atomic mass is 10.3. The molecule has 0 fully saturated rings. The van der Waals surface area contributed by atoms with E-state index in [-0.39, 0.29) is 5.78 Å². The highest BCUT2D eigenvalue weighted by molar-refractivity contribution is 9.10. The van der Waals surface area contributed by atoms with Crippen molar-refractivity contribution in [3.63, 3.8) is 0 Å². The highest BCUT2D eigenvalue weighted by Gasteiger charge is 2.02. The molecule has 0 N–H and O–H groups in total. The smallest absolute Gasteiger partial charge is 0.139 e. The molecule has 0 spiro atoms. The summed E-state index contributed by atoms with van der Waals surface area (Å²) in [6.45, 7) is 1.90. The summed E-state index contributed by atoms with van der Waals surface area (Å²) >= 11 is 9.19. The maximum Gasteiger partial charge on any atom is 0.139 e. The van der Waals surface area contributed by atoms with Crippen molar-refractivity contribution in [1.29, 1.82) is 0 Å². The number of hydrogen-bond acceptors (Lipinski definition) is 2. The summed E-state index contributed by atoms with van der Waals surface area (Å²) in [7, 11) is 0. The highest BCUT2D eigenvalue weighted by atomic mass is 79.9. The maximum atomic E-state index is 10.7. The second kappa shape index (κ2) is 5.37. The maximum absolute atomic E-state index is 10.7. The van der Waals surface area contributed by atoms with Crippen LogP contribution in [0.25, 0.3) is 0 Å². The van der Waals surface area contributed by atoms with Crippen molar-refractivity contribution < 1.29 is 9.53 Å². The summed E-state index contributed by atoms with van der Waals surface area (Å²) in [5.74, 6) is 0.707. The minimum Gasteiger partial charge on any atom is -0.492 e. The van der Waals surface area contributed by atoms with Gasteiger partial charge in [-0.2, -0.15) is 0 Å². The largest absolute Gasteiger partial charge is 0.492 e. The van der Waals surface area contributed by atoms with Gasteiger partial charge in [0.1, 0.15) is 11.5 Å². The molecule has 0 aliphatic heterocycles. The number of rotatable bonds is 4. The van der Waals surface area contributed by atoms with Gasteiger partial charge in [0.25, 0.3) is 0 Å². The Morgan fingerprint density at radius 3 is 2.93 bits per heavy atom. The van der Waals surface area contributed by atoms with Crippen LogP contribution in [0.2, 0.25) is 5.02 Å². The lowest BCUT2D eigenvalue weighted by Crippen LogP contribution is -2.02. The van der Waals surface area contributed by atoms with Crippen molar-refractivity contribution in [2.45, 2.75) is 13.3 Å². The van der Waals surface area contributed by atoms with E-state index in [1.165, 1.54) is 6.92 Å². The van der Waals surface area contributed by atoms with E-state index in [1.807, 2.05) is 6.07 Å². The summed E-state index contributed by atoms with van der Waals surface area (Å²) in [5, 5.41) is 0.553. The van der Waals surface area contributed by atoms with Crippen LogP contribution in [0.1, 0.15) is 13.3 Å². The third-order valence-electron chi connectivity index (χ3n) is 1.60. The monoisotopic (exact) mass is 276 g/mol. The first-order chi connectivity index (χ1) is 6.59. The molecule has 0 aliphatic carbocycles. The standard InChI is InChI=1S/C10H10BrClO2/c1-7(13)4-5-14-10-6-8(11)2-3-9(10)12/h2-3,6H,4-5H2,1H3. The SMILES string of the molecule is CC(=O)CCOc1cc(Br)ccc1Cl. The van der Waals surface area contributed by atoms with E-state index in [2.05, 4.69) is 15.9 Å². The molecule has 0 atom stereocenters. The number of hydrogen-bond donors (Lipinski definition) is 0. The molecule has 0 heterocycles. The Labute approximate surface area is 96.3 Å². The Bertz CT molecular complexity index is 339. The number of ketones is 1. The average Bonchev–Trinajstić information content (AvgIpc) is 2.10. The van der Waals surface area contributed by atoms with Gasteiger partial charge < -0.3 is 4.74 Å². The summed E-state index contributed by atoms with van der Waals surface area (Å²) in [4.78, 5) is 10.7. The lowest BCUT2D eigenvalue weighted by molar-refractivity contribution is -0.117. The zero-order valence-corrected chi connectivity index (χ0v) is 10.1. The summed E-state index contributed by atoms with van der Waals surface area (Å²) in [5.41, 5.74) is 0. The van der Waals surface area contributed by atoms with Crippen LogP contribution in [-0.4, -0.2) is 12.4 Å². The van der Waals surface area contributed by atoms with Gasteiger partial charge in [0.15, 0.2) is 0 Å². The molecule has 0 saturated heterocycles. The second-order valence-corrected chi connectivity index (χ2v) is 4.20. The van der Waals surface area contributed by atoms with E-state index in [9.17, 15) is 4.79 Å². The van der Waals surface area contributed by atoms with Gasteiger partial charge in [0, 0.05) is 10.9 Å². The minimum atomic E-state index is 0.108. The van der Waals surface area contributed by atoms with Gasteiger partial charge in [0.2, 0.25) is 0 Å². The van der Waals surface area contributed by atoms with Gasteiger partial charge in [-0.1, -0.05) is 27.5 Å². The molecule has 4 heteroatoms. The molecule has 0 aromatic heterocycles. The predicted molar refractivity (Wildman–Crippen MR) is 59.9 cm³/mol. The van der Waals surface area contributed by atoms with E-state index in [0.717, 1.165) is 4.47 Å². The highest BCUT2D eigenvalue weighted by Crippen LogP contribution is 2.27. The first kappa shape index (κ1) is 11.5. The van der Waals surface area contributed by atoms with Gasteiger partial charge in [-0.05, 0) is 25.1 Å². The van der Waals surface area contributed by atoms with Crippen molar-refractivity contribution in [3.05, 3.63) is 27.7 Å². The fourth-order valence-electron chi connectivity index (χ4n) is 0.893. The number of halogens is 2. The molecule has 76 valence electrons. The summed E-state index contributed by atoms with van der Waals surface area (Å²) < 4.78 is 6.25. The second-order valence-electron chi connectivity index (χ2n) is 2.88. The minimum absolute atomic E-state index is 0.108. The van der Waals surface area contributed by atoms with Crippen LogP contribution in [0.5, 0.6) is 5.75 Å². The molecule has 1 aromatic carbocycles. The zero-order valence-electron chi connectivity index (χ0n) is 7.72. The van der Waals surface area contributed by atoms with E-state index < -0.39 is 0 Å². The van der Waals surface area contributed by atoms with Gasteiger partial charge in [0.05, 0.1) is 11.6 Å². The molecule has 2 nitrogen and oxygen atoms in total. The van der Waals surface area contributed by atoms with Crippen LogP contribution in [0.4, 0.5) is 0 Å². The normalized spacial score (nSPS) is 9.93. The Morgan fingerprint density at radius 2 is 2.29 bits per heavy atom. The van der Waals surface area contributed by atoms with E-state index in [1.54, 1.807) is 12.1 Å². The molecular formula is C10H10BrClO2. The third-order valence-corrected chi connectivity index (χ3v) is 2.41. The van der Waals surface area contributed by atoms with Crippen molar-refractivity contribution in [3.8, 4) is 5.75 Å². The number of benzene rings is 1. The van der Waals surface area contributed by atoms with Crippen molar-refractivity contribution in [1.82, 2.24) is 0 Å². The number of carbonyl (C=O) groups is 1. The first-order valence-corrected chi connectivity index (χ1v) is 5.34. The Morgan fingerprint density at radius 1 is 1.57 bits per heavy atom. The fourth-order valence-corrected chi connectivity index (χ4v) is 1.40. The average molecular weight is 278 g/mol. The molecule has 0 bridgehead atoms. The van der Waals surface area contributed by atoms with Crippen LogP contribution in [-0.2, 0) is 4.79 Å². The number of ether oxygens (including phenoxy) is 1. The van der Waals surface area contributed by atoms with E-state index in [0.29, 0.717) is 23.8 Å². The molecule has 0 amide bonds. The van der Waals surface area contributed by atoms with Crippen LogP contribution >= 0.6 is 27.5 Å². The summed E-state index contributed by atoms with van der Waals surface area (Å²) in [6, 6.07) is 5.36. The van der Waals surface area contributed by atoms with Crippen molar-refractivity contribution in [2.24, 2.45) is 0 Å². The number of carbonyl (C=O) groups excluding carboxylic acids is 1. The summed E-state index contributed by atoms with van der Waals surface area (Å²) in [6.07, 6.45) is 0.406. The molecule has 14 heavy (non-hydrogen) atoms. The fraction of sp³-hybridized carbons (Fsp3) is 0.300. The Hall–Kier alpha value is -0.540. The Balaban J connectivity index is 2.57. The topological polar surface area (TPSA) is 26.3 Å². The van der Waals surface area contributed by atoms with Crippen LogP contribution in [0.15, 0.2) is 22.7 Å². The van der Waals surface area contributed by atoms with Gasteiger partial charge >= 0.3 is 0 Å². The van der Waals surface area contributed by atoms with Crippen LogP contribution in [0.3, 0.4) is 0 Å². The Kier molecular flexibility index (Phi) is 4.42. The zero-order chi connectivity index (χ0) is 10.6. The van der Waals surface area contributed by atoms with Gasteiger partial charge in [-0.15, -0.1) is 0 Å². The van der Waals surface area contributed by atoms with Crippen molar-refractivity contribution in [2.75, 3.05) is 6.61 Å². The van der Waals surface area contributed by atoms with E-state index >= 15 is 0 Å². The van der Waals surface area contributed by atoms with E-state index in [4.69, 9.17) is 16.3 Å². The predicted octanol–water partition coefficient (Wildman–Crippen LogP) is 3.46. The molecule has 1 aromatic rings. The quantitative estimate of drug-likeness (QED) is 0.842. The van der Waals surface area contributed by atoms with Crippen LogP contribution < -0.4 is 4.74 Å². The first-order valence-electron chi connectivity index (χ1n) is 4.17. The van der Waals surface area contributed by atoms with Crippen LogP contribution in [0, 0.1) is 0 Å². The molecule has 1 rings (SSSR count). The third kappa shape index (κ3) is 3.68. The molecular weight excluding hydrogens is 267 g/mol.